The van der Waals surface area contributed by atoms with E-state index in [2.05, 4.69) is 4.99 Å². The number of carbonyl (C=O) groups excluding carboxylic acids is 1. The number of esters is 1. The quantitative estimate of drug-likeness (QED) is 0.618. The molecule has 0 aliphatic carbocycles. The lowest BCUT2D eigenvalue weighted by Crippen LogP contribution is -2.03. The van der Waals surface area contributed by atoms with Crippen LogP contribution in [0.3, 0.4) is 0 Å². The normalized spacial score (nSPS) is 10.7. The van der Waals surface area contributed by atoms with Crippen LogP contribution in [0.4, 0.5) is 5.69 Å². The molecule has 2 aromatic rings. The number of aliphatic imine (C=N–C) groups is 1. The number of hydrogen-bond acceptors (Lipinski definition) is 5. The first-order valence-electron chi connectivity index (χ1n) is 7.46. The molecule has 2 aromatic carbocycles. The van der Waals surface area contributed by atoms with Gasteiger partial charge in [0.05, 0.1) is 32.6 Å². The predicted octanol–water partition coefficient (Wildman–Crippen LogP) is 3.86. The van der Waals surface area contributed by atoms with Crippen molar-refractivity contribution in [1.29, 1.82) is 0 Å². The summed E-state index contributed by atoms with van der Waals surface area (Å²) in [5.41, 5.74) is 3.93. The molecule has 0 saturated heterocycles. The van der Waals surface area contributed by atoms with Crippen LogP contribution in [0.1, 0.15) is 27.0 Å². The zero-order chi connectivity index (χ0) is 17.7. The third-order valence-corrected chi connectivity index (χ3v) is 3.83. The van der Waals surface area contributed by atoms with Gasteiger partial charge in [0.15, 0.2) is 11.5 Å². The zero-order valence-corrected chi connectivity index (χ0v) is 14.5. The van der Waals surface area contributed by atoms with Gasteiger partial charge in [-0.15, -0.1) is 0 Å². The van der Waals surface area contributed by atoms with Gasteiger partial charge in [0, 0.05) is 6.21 Å². The van der Waals surface area contributed by atoms with Crippen molar-refractivity contribution in [1.82, 2.24) is 0 Å². The molecule has 0 atom stereocenters. The van der Waals surface area contributed by atoms with Crippen molar-refractivity contribution in [2.45, 2.75) is 13.8 Å². The van der Waals surface area contributed by atoms with Crippen LogP contribution in [-0.2, 0) is 4.74 Å². The number of nitrogens with zero attached hydrogens (tertiary/aromatic N) is 1. The average Bonchev–Trinajstić information content (AvgIpc) is 2.60. The van der Waals surface area contributed by atoms with Gasteiger partial charge in [0.25, 0.3) is 0 Å². The van der Waals surface area contributed by atoms with Gasteiger partial charge in [-0.05, 0) is 54.8 Å². The van der Waals surface area contributed by atoms with Crippen LogP contribution in [-0.4, -0.2) is 33.5 Å². The van der Waals surface area contributed by atoms with E-state index in [0.717, 1.165) is 16.7 Å². The summed E-state index contributed by atoms with van der Waals surface area (Å²) in [6, 6.07) is 9.14. The van der Waals surface area contributed by atoms with Gasteiger partial charge in [-0.3, -0.25) is 4.99 Å². The molecule has 0 N–H and O–H groups in total. The van der Waals surface area contributed by atoms with E-state index in [0.29, 0.717) is 22.7 Å². The summed E-state index contributed by atoms with van der Waals surface area (Å²) >= 11 is 0. The first kappa shape index (κ1) is 17.5. The molecule has 0 radical (unpaired) electrons. The molecular formula is C19H21NO4. The number of rotatable bonds is 5. The maximum atomic E-state index is 11.8. The monoisotopic (exact) mass is 327 g/mol. The summed E-state index contributed by atoms with van der Waals surface area (Å²) in [4.78, 5) is 16.3. The van der Waals surface area contributed by atoms with Gasteiger partial charge in [-0.2, -0.15) is 0 Å². The van der Waals surface area contributed by atoms with Gasteiger partial charge >= 0.3 is 5.97 Å². The van der Waals surface area contributed by atoms with Gasteiger partial charge in [0.1, 0.15) is 0 Å². The molecule has 5 nitrogen and oxygen atoms in total. The van der Waals surface area contributed by atoms with E-state index in [1.807, 2.05) is 32.0 Å². The van der Waals surface area contributed by atoms with Crippen molar-refractivity contribution in [3.05, 3.63) is 52.6 Å². The summed E-state index contributed by atoms with van der Waals surface area (Å²) in [6.45, 7) is 3.82. The summed E-state index contributed by atoms with van der Waals surface area (Å²) in [7, 11) is 4.57. The van der Waals surface area contributed by atoms with E-state index in [-0.39, 0.29) is 5.97 Å². The Morgan fingerprint density at radius 1 is 1.04 bits per heavy atom. The fraction of sp³-hybridized carbons (Fsp3) is 0.263. The number of methoxy groups -OCH3 is 3. The van der Waals surface area contributed by atoms with Crippen LogP contribution in [0, 0.1) is 13.8 Å². The fourth-order valence-electron chi connectivity index (χ4n) is 2.37. The molecule has 0 saturated carbocycles. The highest BCUT2D eigenvalue weighted by molar-refractivity contribution is 5.93. The second-order valence-electron chi connectivity index (χ2n) is 5.26. The van der Waals surface area contributed by atoms with E-state index in [9.17, 15) is 4.79 Å². The minimum absolute atomic E-state index is 0.369. The van der Waals surface area contributed by atoms with Crippen molar-refractivity contribution in [2.75, 3.05) is 21.3 Å². The topological polar surface area (TPSA) is 57.1 Å². The van der Waals surface area contributed by atoms with Crippen LogP contribution in [0.2, 0.25) is 0 Å². The molecule has 0 aliphatic heterocycles. The summed E-state index contributed by atoms with van der Waals surface area (Å²) < 4.78 is 15.4. The average molecular weight is 327 g/mol. The highest BCUT2D eigenvalue weighted by atomic mass is 16.5. The largest absolute Gasteiger partial charge is 0.493 e. The minimum atomic E-state index is -0.369. The molecule has 0 spiro atoms. The van der Waals surface area contributed by atoms with E-state index < -0.39 is 0 Å². The van der Waals surface area contributed by atoms with Crippen LogP contribution < -0.4 is 9.47 Å². The zero-order valence-electron chi connectivity index (χ0n) is 14.5. The number of benzene rings is 2. The van der Waals surface area contributed by atoms with Crippen molar-refractivity contribution in [3.63, 3.8) is 0 Å². The van der Waals surface area contributed by atoms with Crippen molar-refractivity contribution in [2.24, 2.45) is 4.99 Å². The Bertz CT molecular complexity index is 781. The molecule has 5 heteroatoms. The summed E-state index contributed by atoms with van der Waals surface area (Å²) in [6.07, 6.45) is 1.75. The van der Waals surface area contributed by atoms with E-state index in [1.165, 1.54) is 7.11 Å². The van der Waals surface area contributed by atoms with Crippen LogP contribution in [0.25, 0.3) is 0 Å². The molecule has 0 aromatic heterocycles. The standard InChI is InChI=1S/C19H21NO4/c1-12-9-17(22-3)18(23-4)10-14(12)11-20-16-8-6-7-15(13(16)2)19(21)24-5/h6-11H,1-5H3. The number of carbonyl (C=O) groups is 1. The highest BCUT2D eigenvalue weighted by Gasteiger charge is 2.11. The molecule has 0 aliphatic rings. The smallest absolute Gasteiger partial charge is 0.338 e. The lowest BCUT2D eigenvalue weighted by Gasteiger charge is -2.10. The first-order chi connectivity index (χ1) is 11.5. The lowest BCUT2D eigenvalue weighted by atomic mass is 10.1. The molecule has 0 fully saturated rings. The predicted molar refractivity (Wildman–Crippen MR) is 94.1 cm³/mol. The van der Waals surface area contributed by atoms with Gasteiger partial charge < -0.3 is 14.2 Å². The van der Waals surface area contributed by atoms with E-state index in [1.54, 1.807) is 32.6 Å². The Labute approximate surface area is 141 Å². The maximum Gasteiger partial charge on any atom is 0.338 e. The molecule has 126 valence electrons. The Morgan fingerprint density at radius 2 is 1.71 bits per heavy atom. The van der Waals surface area contributed by atoms with E-state index in [4.69, 9.17) is 14.2 Å². The van der Waals surface area contributed by atoms with Crippen LogP contribution in [0.5, 0.6) is 11.5 Å². The Balaban J connectivity index is 2.40. The number of aryl methyl sites for hydroxylation is 1. The Kier molecular flexibility index (Phi) is 5.58. The minimum Gasteiger partial charge on any atom is -0.493 e. The van der Waals surface area contributed by atoms with Crippen molar-refractivity contribution < 1.29 is 19.0 Å². The Morgan fingerprint density at radius 3 is 2.33 bits per heavy atom. The van der Waals surface area contributed by atoms with Gasteiger partial charge in [0.2, 0.25) is 0 Å². The second kappa shape index (κ2) is 7.64. The summed E-state index contributed by atoms with van der Waals surface area (Å²) in [5.74, 6) is 0.951. The lowest BCUT2D eigenvalue weighted by molar-refractivity contribution is 0.0600. The van der Waals surface area contributed by atoms with Crippen LogP contribution in [0.15, 0.2) is 35.3 Å². The highest BCUT2D eigenvalue weighted by Crippen LogP contribution is 2.30. The van der Waals surface area contributed by atoms with Crippen molar-refractivity contribution >= 4 is 17.9 Å². The number of ether oxygens (including phenoxy) is 3. The fourth-order valence-corrected chi connectivity index (χ4v) is 2.37. The third kappa shape index (κ3) is 3.56. The molecule has 0 heterocycles. The van der Waals surface area contributed by atoms with Crippen LogP contribution >= 0.6 is 0 Å². The molecule has 0 bridgehead atoms. The van der Waals surface area contributed by atoms with Gasteiger partial charge in [-0.25, -0.2) is 4.79 Å². The SMILES string of the molecule is COC(=O)c1cccc(N=Cc2cc(OC)c(OC)cc2C)c1C. The Hall–Kier alpha value is -2.82. The molecule has 0 amide bonds. The molecular weight excluding hydrogens is 306 g/mol. The molecule has 24 heavy (non-hydrogen) atoms. The maximum absolute atomic E-state index is 11.8. The summed E-state index contributed by atoms with van der Waals surface area (Å²) in [5, 5.41) is 0. The third-order valence-electron chi connectivity index (χ3n) is 3.83. The second-order valence-corrected chi connectivity index (χ2v) is 5.26. The first-order valence-corrected chi connectivity index (χ1v) is 7.46. The molecule has 0 unspecified atom stereocenters. The molecule has 2 rings (SSSR count). The van der Waals surface area contributed by atoms with Gasteiger partial charge in [-0.1, -0.05) is 6.07 Å². The van der Waals surface area contributed by atoms with E-state index >= 15 is 0 Å². The van der Waals surface area contributed by atoms with Crippen molar-refractivity contribution in [3.8, 4) is 11.5 Å². The number of hydrogen-bond donors (Lipinski definition) is 0.